The predicted octanol–water partition coefficient (Wildman–Crippen LogP) is 5.21. The van der Waals surface area contributed by atoms with E-state index in [1.807, 2.05) is 49.4 Å². The number of hydrogen-bond donors (Lipinski definition) is 1. The number of fused-ring (bicyclic) bond motifs is 1. The molecule has 5 rings (SSSR count). The monoisotopic (exact) mass is 510 g/mol. The zero-order chi connectivity index (χ0) is 26.5. The lowest BCUT2D eigenvalue weighted by molar-refractivity contribution is 0.172. The number of hydrogen-bond acceptors (Lipinski definition) is 5. The summed E-state index contributed by atoms with van der Waals surface area (Å²) in [6.45, 7) is 5.70. The molecule has 0 amide bonds. The van der Waals surface area contributed by atoms with E-state index in [1.54, 1.807) is 16.8 Å². The maximum absolute atomic E-state index is 13.4. The van der Waals surface area contributed by atoms with E-state index < -0.39 is 0 Å². The van der Waals surface area contributed by atoms with Crippen LogP contribution in [0.15, 0.2) is 83.7 Å². The fourth-order valence-electron chi connectivity index (χ4n) is 4.96. The van der Waals surface area contributed by atoms with Crippen molar-refractivity contribution in [2.75, 3.05) is 6.54 Å². The van der Waals surface area contributed by atoms with E-state index in [2.05, 4.69) is 44.5 Å². The van der Waals surface area contributed by atoms with Crippen LogP contribution in [0.1, 0.15) is 47.5 Å². The molecule has 7 nitrogen and oxygen atoms in total. The van der Waals surface area contributed by atoms with E-state index in [9.17, 15) is 9.18 Å². The molecule has 194 valence electrons. The largest absolute Gasteiger partial charge is 0.321 e. The molecule has 5 aromatic rings. The summed E-state index contributed by atoms with van der Waals surface area (Å²) in [5.74, 6) is 0.443. The molecular weight excluding hydrogens is 479 g/mol. The summed E-state index contributed by atoms with van der Waals surface area (Å²) in [6, 6.07) is 24.6. The van der Waals surface area contributed by atoms with Crippen LogP contribution in [-0.2, 0) is 19.5 Å². The summed E-state index contributed by atoms with van der Waals surface area (Å²) in [5.41, 5.74) is 4.66. The Balaban J connectivity index is 1.48. The van der Waals surface area contributed by atoms with E-state index in [1.165, 1.54) is 17.7 Å². The number of halogens is 1. The third-order valence-corrected chi connectivity index (χ3v) is 7.00. The number of tetrazole rings is 1. The van der Waals surface area contributed by atoms with Crippen molar-refractivity contribution in [3.8, 4) is 0 Å². The lowest BCUT2D eigenvalue weighted by Crippen LogP contribution is -2.34. The summed E-state index contributed by atoms with van der Waals surface area (Å²) in [6.07, 6.45) is 1.57. The van der Waals surface area contributed by atoms with Crippen molar-refractivity contribution in [3.05, 3.63) is 123 Å². The number of para-hydroxylation sites is 1. The van der Waals surface area contributed by atoms with Gasteiger partial charge in [0.15, 0.2) is 5.82 Å². The number of nitrogens with one attached hydrogen (secondary N) is 1. The van der Waals surface area contributed by atoms with Gasteiger partial charge in [0.25, 0.3) is 5.56 Å². The highest BCUT2D eigenvalue weighted by molar-refractivity contribution is 5.81. The van der Waals surface area contributed by atoms with Crippen molar-refractivity contribution in [2.24, 2.45) is 0 Å². The topological polar surface area (TPSA) is 79.7 Å². The number of H-pyrrole nitrogens is 1. The van der Waals surface area contributed by atoms with Gasteiger partial charge in [-0.1, -0.05) is 67.6 Å². The Morgan fingerprint density at radius 2 is 1.79 bits per heavy atom. The van der Waals surface area contributed by atoms with Gasteiger partial charge in [-0.3, -0.25) is 9.69 Å². The van der Waals surface area contributed by atoms with E-state index in [4.69, 9.17) is 0 Å². The summed E-state index contributed by atoms with van der Waals surface area (Å²) >= 11 is 0. The molecule has 0 unspecified atom stereocenters. The van der Waals surface area contributed by atoms with E-state index >= 15 is 0 Å². The summed E-state index contributed by atoms with van der Waals surface area (Å²) < 4.78 is 15.2. The molecule has 3 aromatic carbocycles. The minimum absolute atomic E-state index is 0.0859. The van der Waals surface area contributed by atoms with Gasteiger partial charge < -0.3 is 4.98 Å². The molecule has 0 bridgehead atoms. The Morgan fingerprint density at radius 3 is 2.55 bits per heavy atom. The van der Waals surface area contributed by atoms with Gasteiger partial charge in [-0.15, -0.1) is 5.10 Å². The first kappa shape index (κ1) is 25.5. The smallest absolute Gasteiger partial charge is 0.252 e. The van der Waals surface area contributed by atoms with Crippen LogP contribution in [0.3, 0.4) is 0 Å². The van der Waals surface area contributed by atoms with Crippen LogP contribution in [0.25, 0.3) is 10.9 Å². The molecular formula is C30H31FN6O. The van der Waals surface area contributed by atoms with Gasteiger partial charge in [-0.25, -0.2) is 9.07 Å². The number of aromatic amines is 1. The van der Waals surface area contributed by atoms with E-state index in [0.29, 0.717) is 18.7 Å². The zero-order valence-corrected chi connectivity index (χ0v) is 21.6. The SMILES string of the molecule is CC[C@H](c1nnnn1Cc1ccc(F)cc1)N(CCc1ccccc1)Cc1cc2cccc(C)c2[nH]c1=O. The first-order valence-corrected chi connectivity index (χ1v) is 12.9. The molecule has 2 aromatic heterocycles. The lowest BCUT2D eigenvalue weighted by atomic mass is 10.1. The number of aromatic nitrogens is 5. The van der Waals surface area contributed by atoms with Crippen LogP contribution >= 0.6 is 0 Å². The maximum atomic E-state index is 13.4. The Hall–Kier alpha value is -4.17. The highest BCUT2D eigenvalue weighted by Crippen LogP contribution is 2.26. The number of pyridine rings is 1. The van der Waals surface area contributed by atoms with Gasteiger partial charge in [-0.05, 0) is 70.5 Å². The molecule has 1 N–H and O–H groups in total. The van der Waals surface area contributed by atoms with Crippen molar-refractivity contribution in [1.29, 1.82) is 0 Å². The van der Waals surface area contributed by atoms with Gasteiger partial charge in [0.1, 0.15) is 5.82 Å². The maximum Gasteiger partial charge on any atom is 0.252 e. The average molecular weight is 511 g/mol. The van der Waals surface area contributed by atoms with Gasteiger partial charge in [0.2, 0.25) is 0 Å². The number of aryl methyl sites for hydroxylation is 1. The number of nitrogens with zero attached hydrogens (tertiary/aromatic N) is 5. The van der Waals surface area contributed by atoms with Gasteiger partial charge in [0.05, 0.1) is 18.1 Å². The Morgan fingerprint density at radius 1 is 1.00 bits per heavy atom. The molecule has 0 fully saturated rings. The average Bonchev–Trinajstić information content (AvgIpc) is 3.38. The molecule has 0 saturated carbocycles. The Kier molecular flexibility index (Phi) is 7.70. The Labute approximate surface area is 220 Å². The molecule has 0 aliphatic carbocycles. The summed E-state index contributed by atoms with van der Waals surface area (Å²) in [4.78, 5) is 18.5. The van der Waals surface area contributed by atoms with Crippen LogP contribution in [0.2, 0.25) is 0 Å². The first-order chi connectivity index (χ1) is 18.5. The fraction of sp³-hybridized carbons (Fsp3) is 0.267. The van der Waals surface area contributed by atoms with Crippen LogP contribution in [0, 0.1) is 12.7 Å². The molecule has 8 heteroatoms. The molecule has 0 saturated heterocycles. The molecule has 0 spiro atoms. The van der Waals surface area contributed by atoms with Gasteiger partial charge in [0, 0.05) is 18.7 Å². The van der Waals surface area contributed by atoms with Gasteiger partial charge in [-0.2, -0.15) is 0 Å². The lowest BCUT2D eigenvalue weighted by Gasteiger charge is -2.30. The summed E-state index contributed by atoms with van der Waals surface area (Å²) in [7, 11) is 0. The molecule has 2 heterocycles. The highest BCUT2D eigenvalue weighted by atomic mass is 19.1. The molecule has 38 heavy (non-hydrogen) atoms. The van der Waals surface area contributed by atoms with Crippen molar-refractivity contribution in [3.63, 3.8) is 0 Å². The van der Waals surface area contributed by atoms with Crippen molar-refractivity contribution in [2.45, 2.75) is 45.8 Å². The van der Waals surface area contributed by atoms with E-state index in [0.717, 1.165) is 47.2 Å². The molecule has 0 aliphatic heterocycles. The second kappa shape index (κ2) is 11.5. The van der Waals surface area contributed by atoms with Crippen molar-refractivity contribution in [1.82, 2.24) is 30.1 Å². The molecule has 1 atom stereocenters. The van der Waals surface area contributed by atoms with Crippen LogP contribution in [0.4, 0.5) is 4.39 Å². The van der Waals surface area contributed by atoms with Crippen LogP contribution in [-0.4, -0.2) is 36.6 Å². The van der Waals surface area contributed by atoms with Crippen molar-refractivity contribution < 1.29 is 4.39 Å². The molecule has 0 aliphatic rings. The van der Waals surface area contributed by atoms with Crippen molar-refractivity contribution >= 4 is 10.9 Å². The summed E-state index contributed by atoms with van der Waals surface area (Å²) in [5, 5.41) is 13.6. The van der Waals surface area contributed by atoms with Crippen LogP contribution < -0.4 is 5.56 Å². The first-order valence-electron chi connectivity index (χ1n) is 12.9. The zero-order valence-electron chi connectivity index (χ0n) is 21.6. The Bertz CT molecular complexity index is 1560. The second-order valence-corrected chi connectivity index (χ2v) is 9.61. The third-order valence-electron chi connectivity index (χ3n) is 7.00. The predicted molar refractivity (Wildman–Crippen MR) is 146 cm³/mol. The minimum atomic E-state index is -0.278. The van der Waals surface area contributed by atoms with E-state index in [-0.39, 0.29) is 17.4 Å². The normalized spacial score (nSPS) is 12.3. The quantitative estimate of drug-likeness (QED) is 0.279. The van der Waals surface area contributed by atoms with Crippen LogP contribution in [0.5, 0.6) is 0 Å². The standard InChI is InChI=1S/C30H31FN6O/c1-3-27(29-33-34-35-37(29)19-23-12-14-26(31)15-13-23)36(17-16-22-9-5-4-6-10-22)20-25-18-24-11-7-8-21(2)28(24)32-30(25)38/h4-15,18,27H,3,16-17,19-20H2,1-2H3,(H,32,38)/t27-/m1/s1. The highest BCUT2D eigenvalue weighted by Gasteiger charge is 2.26. The third kappa shape index (κ3) is 5.70. The molecule has 0 radical (unpaired) electrons. The number of benzene rings is 3. The van der Waals surface area contributed by atoms with Gasteiger partial charge >= 0.3 is 0 Å². The number of rotatable bonds is 10. The second-order valence-electron chi connectivity index (χ2n) is 9.61. The minimum Gasteiger partial charge on any atom is -0.321 e. The fourth-order valence-corrected chi connectivity index (χ4v) is 4.96.